The van der Waals surface area contributed by atoms with Crippen molar-refractivity contribution in [2.75, 3.05) is 6.26 Å². The fourth-order valence-corrected chi connectivity index (χ4v) is 3.98. The Labute approximate surface area is 107 Å². The highest BCUT2D eigenvalue weighted by Gasteiger charge is 2.33. The highest BCUT2D eigenvalue weighted by Crippen LogP contribution is 2.39. The highest BCUT2D eigenvalue weighted by atomic mass is 32.2. The van der Waals surface area contributed by atoms with Gasteiger partial charge in [0.1, 0.15) is 0 Å². The maximum absolute atomic E-state index is 11.8. The summed E-state index contributed by atoms with van der Waals surface area (Å²) in [6.45, 7) is 0. The van der Waals surface area contributed by atoms with Crippen LogP contribution in [0.5, 0.6) is 0 Å². The van der Waals surface area contributed by atoms with Gasteiger partial charge in [-0.25, -0.2) is 8.42 Å². The molecule has 1 unspecified atom stereocenters. The molecule has 0 amide bonds. The molecule has 1 N–H and O–H groups in total. The van der Waals surface area contributed by atoms with Gasteiger partial charge in [-0.2, -0.15) is 0 Å². The van der Waals surface area contributed by atoms with Crippen molar-refractivity contribution < 1.29 is 18.3 Å². The lowest BCUT2D eigenvalue weighted by Gasteiger charge is -2.29. The molecule has 1 aromatic carbocycles. The predicted octanol–water partition coefficient (Wildman–Crippen LogP) is 1.81. The van der Waals surface area contributed by atoms with Crippen molar-refractivity contribution in [2.24, 2.45) is 5.92 Å². The van der Waals surface area contributed by atoms with Gasteiger partial charge in [0.15, 0.2) is 9.84 Å². The molecule has 0 radical (unpaired) electrons. The van der Waals surface area contributed by atoms with Crippen LogP contribution in [0, 0.1) is 5.92 Å². The first-order valence-electron chi connectivity index (χ1n) is 5.86. The summed E-state index contributed by atoms with van der Waals surface area (Å²) in [6.07, 6.45) is 2.30. The van der Waals surface area contributed by atoms with E-state index in [1.807, 2.05) is 24.3 Å². The van der Waals surface area contributed by atoms with Gasteiger partial charge >= 0.3 is 5.97 Å². The number of hydrogen-bond donors (Lipinski definition) is 1. The molecule has 1 aromatic rings. The second-order valence-corrected chi connectivity index (χ2v) is 7.15. The van der Waals surface area contributed by atoms with Crippen molar-refractivity contribution in [1.29, 1.82) is 0 Å². The van der Waals surface area contributed by atoms with Gasteiger partial charge < -0.3 is 5.11 Å². The molecule has 1 aliphatic rings. The van der Waals surface area contributed by atoms with Crippen LogP contribution in [-0.2, 0) is 21.1 Å². The molecule has 0 bridgehead atoms. The number of carboxylic acid groups (broad SMARTS) is 1. The number of sulfone groups is 1. The van der Waals surface area contributed by atoms with E-state index in [1.165, 1.54) is 6.26 Å². The standard InChI is InChI=1S/C13H16O4S/c1-18(16,17)12-7-9(8-13(14)15)6-10-4-2-3-5-11(10)12/h2-5,9,12H,6-8H2,1H3,(H,14,15)/t9-,12?/m1/s1. The van der Waals surface area contributed by atoms with E-state index in [1.54, 1.807) is 0 Å². The van der Waals surface area contributed by atoms with Crippen LogP contribution in [0.4, 0.5) is 0 Å². The Balaban J connectivity index is 2.38. The summed E-state index contributed by atoms with van der Waals surface area (Å²) in [4.78, 5) is 10.8. The molecule has 2 rings (SSSR count). The van der Waals surface area contributed by atoms with E-state index in [0.717, 1.165) is 11.1 Å². The second-order valence-electron chi connectivity index (χ2n) is 4.92. The van der Waals surface area contributed by atoms with Crippen molar-refractivity contribution in [3.63, 3.8) is 0 Å². The van der Waals surface area contributed by atoms with Gasteiger partial charge in [0, 0.05) is 12.7 Å². The number of fused-ring (bicyclic) bond motifs is 1. The third-order valence-electron chi connectivity index (χ3n) is 3.44. The topological polar surface area (TPSA) is 71.4 Å². The van der Waals surface area contributed by atoms with Gasteiger partial charge in [0.2, 0.25) is 0 Å². The average molecular weight is 268 g/mol. The summed E-state index contributed by atoms with van der Waals surface area (Å²) in [6, 6.07) is 7.41. The summed E-state index contributed by atoms with van der Waals surface area (Å²) in [5, 5.41) is 8.29. The summed E-state index contributed by atoms with van der Waals surface area (Å²) in [5.41, 5.74) is 1.80. The van der Waals surface area contributed by atoms with Crippen molar-refractivity contribution in [3.8, 4) is 0 Å². The van der Waals surface area contributed by atoms with Gasteiger partial charge in [-0.15, -0.1) is 0 Å². The fraction of sp³-hybridized carbons (Fsp3) is 0.462. The lowest BCUT2D eigenvalue weighted by molar-refractivity contribution is -0.138. The van der Waals surface area contributed by atoms with E-state index in [-0.39, 0.29) is 12.3 Å². The predicted molar refractivity (Wildman–Crippen MR) is 68.1 cm³/mol. The van der Waals surface area contributed by atoms with E-state index in [2.05, 4.69) is 0 Å². The largest absolute Gasteiger partial charge is 0.481 e. The molecule has 1 aliphatic carbocycles. The fourth-order valence-electron chi connectivity index (χ4n) is 2.67. The van der Waals surface area contributed by atoms with Crippen LogP contribution in [0.2, 0.25) is 0 Å². The molecule has 5 heteroatoms. The maximum atomic E-state index is 11.8. The Morgan fingerprint density at radius 2 is 2.06 bits per heavy atom. The molecule has 98 valence electrons. The summed E-state index contributed by atoms with van der Waals surface area (Å²) >= 11 is 0. The van der Waals surface area contributed by atoms with Crippen LogP contribution in [0.3, 0.4) is 0 Å². The zero-order chi connectivity index (χ0) is 13.3. The van der Waals surface area contributed by atoms with Gasteiger partial charge in [0.25, 0.3) is 0 Å². The number of aliphatic carboxylic acids is 1. The number of carbonyl (C=O) groups is 1. The van der Waals surface area contributed by atoms with E-state index in [9.17, 15) is 13.2 Å². The Morgan fingerprint density at radius 3 is 2.67 bits per heavy atom. The smallest absolute Gasteiger partial charge is 0.303 e. The quantitative estimate of drug-likeness (QED) is 0.907. The summed E-state index contributed by atoms with van der Waals surface area (Å²) in [7, 11) is -3.20. The van der Waals surface area contributed by atoms with Crippen LogP contribution in [-0.4, -0.2) is 25.7 Å². The van der Waals surface area contributed by atoms with Gasteiger partial charge in [0.05, 0.1) is 5.25 Å². The van der Waals surface area contributed by atoms with Crippen LogP contribution < -0.4 is 0 Å². The molecule has 0 aromatic heterocycles. The lowest BCUT2D eigenvalue weighted by atomic mass is 9.82. The van der Waals surface area contributed by atoms with Gasteiger partial charge in [-0.1, -0.05) is 24.3 Å². The van der Waals surface area contributed by atoms with Crippen molar-refractivity contribution >= 4 is 15.8 Å². The van der Waals surface area contributed by atoms with Crippen molar-refractivity contribution in [2.45, 2.75) is 24.5 Å². The Morgan fingerprint density at radius 1 is 1.39 bits per heavy atom. The molecule has 0 saturated heterocycles. The minimum absolute atomic E-state index is 0.0281. The minimum atomic E-state index is -3.20. The molecule has 0 spiro atoms. The number of rotatable bonds is 3. The number of carboxylic acids is 1. The first kappa shape index (κ1) is 13.1. The first-order valence-corrected chi connectivity index (χ1v) is 7.82. The lowest BCUT2D eigenvalue weighted by Crippen LogP contribution is -2.25. The average Bonchev–Trinajstić information content (AvgIpc) is 2.25. The van der Waals surface area contributed by atoms with Crippen LogP contribution in [0.15, 0.2) is 24.3 Å². The van der Waals surface area contributed by atoms with Crippen LogP contribution in [0.1, 0.15) is 29.2 Å². The van der Waals surface area contributed by atoms with Crippen molar-refractivity contribution in [3.05, 3.63) is 35.4 Å². The van der Waals surface area contributed by atoms with Crippen molar-refractivity contribution in [1.82, 2.24) is 0 Å². The van der Waals surface area contributed by atoms with E-state index < -0.39 is 21.1 Å². The molecular formula is C13H16O4S. The molecule has 18 heavy (non-hydrogen) atoms. The zero-order valence-corrected chi connectivity index (χ0v) is 11.0. The second kappa shape index (κ2) is 4.72. The molecule has 0 fully saturated rings. The van der Waals surface area contributed by atoms with Gasteiger partial charge in [-0.3, -0.25) is 4.79 Å². The highest BCUT2D eigenvalue weighted by molar-refractivity contribution is 7.90. The number of hydrogen-bond acceptors (Lipinski definition) is 3. The normalized spacial score (nSPS) is 23.4. The van der Waals surface area contributed by atoms with E-state index >= 15 is 0 Å². The third-order valence-corrected chi connectivity index (χ3v) is 4.92. The molecule has 0 aliphatic heterocycles. The Kier molecular flexibility index (Phi) is 3.43. The summed E-state index contributed by atoms with van der Waals surface area (Å²) < 4.78 is 23.7. The Bertz CT molecular complexity index is 562. The van der Waals surface area contributed by atoms with E-state index in [0.29, 0.717) is 12.8 Å². The molecule has 0 heterocycles. The SMILES string of the molecule is CS(=O)(=O)C1C[C@H](CC(=O)O)Cc2ccccc21. The van der Waals surface area contributed by atoms with Crippen LogP contribution in [0.25, 0.3) is 0 Å². The monoisotopic (exact) mass is 268 g/mol. The molecular weight excluding hydrogens is 252 g/mol. The maximum Gasteiger partial charge on any atom is 0.303 e. The summed E-state index contributed by atoms with van der Waals surface area (Å²) in [5.74, 6) is -0.969. The van der Waals surface area contributed by atoms with Crippen LogP contribution >= 0.6 is 0 Å². The van der Waals surface area contributed by atoms with Gasteiger partial charge in [-0.05, 0) is 29.9 Å². The zero-order valence-electron chi connectivity index (χ0n) is 10.2. The Hall–Kier alpha value is -1.36. The molecule has 4 nitrogen and oxygen atoms in total. The number of benzene rings is 1. The third kappa shape index (κ3) is 2.72. The minimum Gasteiger partial charge on any atom is -0.481 e. The first-order chi connectivity index (χ1) is 8.38. The molecule has 0 saturated carbocycles. The van der Waals surface area contributed by atoms with E-state index in [4.69, 9.17) is 5.11 Å². The molecule has 2 atom stereocenters.